The fourth-order valence-electron chi connectivity index (χ4n) is 0.916. The second-order valence-electron chi connectivity index (χ2n) is 2.55. The van der Waals surface area contributed by atoms with E-state index in [9.17, 15) is 0 Å². The van der Waals surface area contributed by atoms with Gasteiger partial charge in [0.05, 0.1) is 5.49 Å². The molecule has 1 aromatic rings. The Hall–Kier alpha value is -1.23. The first-order chi connectivity index (χ1) is 6.27. The van der Waals surface area contributed by atoms with Gasteiger partial charge in [-0.25, -0.2) is 9.97 Å². The van der Waals surface area contributed by atoms with Gasteiger partial charge in [0.1, 0.15) is 11.6 Å². The molecule has 0 unspecified atom stereocenters. The Morgan fingerprint density at radius 3 is 3.00 bits per heavy atom. The van der Waals surface area contributed by atoms with E-state index in [0.717, 1.165) is 17.8 Å². The number of thiocarbonyl (C=S) groups is 1. The quantitative estimate of drug-likeness (QED) is 0.693. The maximum Gasteiger partial charge on any atom is 0.132 e. The number of aryl methyl sites for hydroxylation is 1. The van der Waals surface area contributed by atoms with Gasteiger partial charge in [-0.15, -0.1) is 0 Å². The lowest BCUT2D eigenvalue weighted by Gasteiger charge is -2.04. The lowest BCUT2D eigenvalue weighted by Crippen LogP contribution is -2.12. The van der Waals surface area contributed by atoms with Gasteiger partial charge in [0, 0.05) is 24.7 Å². The number of hydrogen-bond donors (Lipinski definition) is 2. The van der Waals surface area contributed by atoms with E-state index in [1.807, 2.05) is 6.92 Å². The lowest BCUT2D eigenvalue weighted by molar-refractivity contribution is 0.882. The van der Waals surface area contributed by atoms with Crippen LogP contribution < -0.4 is 11.1 Å². The van der Waals surface area contributed by atoms with Crippen molar-refractivity contribution in [2.75, 3.05) is 5.73 Å². The number of nitrogen functional groups attached to an aromatic ring is 1. The monoisotopic (exact) mass is 196 g/mol. The van der Waals surface area contributed by atoms with Crippen molar-refractivity contribution >= 4 is 23.5 Å². The van der Waals surface area contributed by atoms with E-state index in [1.54, 1.807) is 6.20 Å². The van der Waals surface area contributed by atoms with Crippen molar-refractivity contribution in [3.63, 3.8) is 0 Å². The van der Waals surface area contributed by atoms with Gasteiger partial charge in [0.25, 0.3) is 0 Å². The summed E-state index contributed by atoms with van der Waals surface area (Å²) in [5.74, 6) is 1.29. The molecule has 0 aliphatic carbocycles. The molecule has 70 valence electrons. The van der Waals surface area contributed by atoms with Crippen LogP contribution in [0.2, 0.25) is 0 Å². The first kappa shape index (κ1) is 9.85. The van der Waals surface area contributed by atoms with E-state index in [1.165, 1.54) is 5.49 Å². The molecule has 4 nitrogen and oxygen atoms in total. The van der Waals surface area contributed by atoms with E-state index >= 15 is 0 Å². The summed E-state index contributed by atoms with van der Waals surface area (Å²) in [6.45, 7) is 2.57. The largest absolute Gasteiger partial charge is 0.383 e. The van der Waals surface area contributed by atoms with Crippen LogP contribution in [0, 0.1) is 0 Å². The van der Waals surface area contributed by atoms with Crippen LogP contribution in [0.15, 0.2) is 6.20 Å². The Balaban J connectivity index is 2.78. The van der Waals surface area contributed by atoms with Crippen LogP contribution in [0.4, 0.5) is 5.82 Å². The molecule has 13 heavy (non-hydrogen) atoms. The van der Waals surface area contributed by atoms with Crippen LogP contribution in [0.3, 0.4) is 0 Å². The number of nitrogens with zero attached hydrogens (tertiary/aromatic N) is 2. The molecule has 0 saturated carbocycles. The molecule has 0 saturated heterocycles. The Bertz CT molecular complexity index is 300. The second-order valence-corrected chi connectivity index (χ2v) is 2.78. The number of nitrogens with two attached hydrogens (primary N) is 1. The molecule has 5 heteroatoms. The fraction of sp³-hybridized carbons (Fsp3) is 0.375. The first-order valence-corrected chi connectivity index (χ1v) is 4.52. The van der Waals surface area contributed by atoms with Crippen molar-refractivity contribution in [1.29, 1.82) is 0 Å². The van der Waals surface area contributed by atoms with Crippen molar-refractivity contribution in [3.05, 3.63) is 17.6 Å². The molecule has 0 atom stereocenters. The average molecular weight is 196 g/mol. The molecule has 0 radical (unpaired) electrons. The van der Waals surface area contributed by atoms with Gasteiger partial charge in [0.2, 0.25) is 0 Å². The number of anilines is 1. The molecular weight excluding hydrogens is 184 g/mol. The van der Waals surface area contributed by atoms with E-state index in [-0.39, 0.29) is 0 Å². The second kappa shape index (κ2) is 4.71. The number of rotatable bonds is 4. The summed E-state index contributed by atoms with van der Waals surface area (Å²) in [6.07, 6.45) is 2.53. The van der Waals surface area contributed by atoms with Crippen molar-refractivity contribution < 1.29 is 0 Å². The topological polar surface area (TPSA) is 63.8 Å². The third kappa shape index (κ3) is 2.62. The highest BCUT2D eigenvalue weighted by molar-refractivity contribution is 7.78. The number of aromatic nitrogens is 2. The van der Waals surface area contributed by atoms with E-state index in [2.05, 4.69) is 27.5 Å². The normalized spacial score (nSPS) is 9.62. The van der Waals surface area contributed by atoms with Crippen LogP contribution in [-0.4, -0.2) is 15.5 Å². The molecule has 3 N–H and O–H groups in total. The number of nitrogens with one attached hydrogen (secondary N) is 1. The van der Waals surface area contributed by atoms with Crippen molar-refractivity contribution in [1.82, 2.24) is 15.3 Å². The highest BCUT2D eigenvalue weighted by Gasteiger charge is 2.01. The van der Waals surface area contributed by atoms with Crippen molar-refractivity contribution in [2.45, 2.75) is 19.9 Å². The Labute approximate surface area is 82.6 Å². The summed E-state index contributed by atoms with van der Waals surface area (Å²) in [6, 6.07) is 0. The summed E-state index contributed by atoms with van der Waals surface area (Å²) in [5.41, 5.74) is 8.02. The van der Waals surface area contributed by atoms with E-state index in [4.69, 9.17) is 5.73 Å². The van der Waals surface area contributed by atoms with Gasteiger partial charge in [-0.3, -0.25) is 0 Å². The third-order valence-corrected chi connectivity index (χ3v) is 1.81. The fourth-order valence-corrected chi connectivity index (χ4v) is 1.000. The van der Waals surface area contributed by atoms with Crippen molar-refractivity contribution in [2.24, 2.45) is 0 Å². The molecule has 1 aromatic heterocycles. The Kier molecular flexibility index (Phi) is 3.57. The predicted molar refractivity (Wildman–Crippen MR) is 56.3 cm³/mol. The highest BCUT2D eigenvalue weighted by Crippen LogP contribution is 2.06. The minimum absolute atomic E-state index is 0.524. The Morgan fingerprint density at radius 1 is 1.69 bits per heavy atom. The SMILES string of the molecule is CCc1ncc(CNC=S)c(N)n1. The van der Waals surface area contributed by atoms with Gasteiger partial charge in [-0.1, -0.05) is 19.1 Å². The standard InChI is InChI=1S/C8H12N4S/c1-2-7-11-4-6(3-10-5-13)8(9)12-7/h4-5H,2-3H2,1H3,(H,10,13)(H2,9,11,12). The first-order valence-electron chi connectivity index (χ1n) is 4.05. The summed E-state index contributed by atoms with van der Waals surface area (Å²) >= 11 is 4.63. The molecule has 0 aromatic carbocycles. The predicted octanol–water partition coefficient (Wildman–Crippen LogP) is 0.668. The van der Waals surface area contributed by atoms with Gasteiger partial charge in [0.15, 0.2) is 0 Å². The zero-order valence-electron chi connectivity index (χ0n) is 7.45. The number of hydrogen-bond acceptors (Lipinski definition) is 4. The Morgan fingerprint density at radius 2 is 2.46 bits per heavy atom. The molecule has 0 fully saturated rings. The summed E-state index contributed by atoms with van der Waals surface area (Å²) in [7, 11) is 0. The third-order valence-electron chi connectivity index (χ3n) is 1.64. The van der Waals surface area contributed by atoms with Crippen LogP contribution in [0.1, 0.15) is 18.3 Å². The van der Waals surface area contributed by atoms with Crippen LogP contribution in [0.25, 0.3) is 0 Å². The molecule has 0 aliphatic rings. The minimum atomic E-state index is 0.524. The molecular formula is C8H12N4S. The van der Waals surface area contributed by atoms with Gasteiger partial charge >= 0.3 is 0 Å². The van der Waals surface area contributed by atoms with E-state index < -0.39 is 0 Å². The zero-order chi connectivity index (χ0) is 9.68. The van der Waals surface area contributed by atoms with Crippen molar-refractivity contribution in [3.8, 4) is 0 Å². The summed E-state index contributed by atoms with van der Waals surface area (Å²) in [5, 5.41) is 2.87. The van der Waals surface area contributed by atoms with Gasteiger partial charge in [-0.2, -0.15) is 0 Å². The maximum absolute atomic E-state index is 5.70. The van der Waals surface area contributed by atoms with Crippen LogP contribution in [-0.2, 0) is 13.0 Å². The molecule has 1 rings (SSSR count). The van der Waals surface area contributed by atoms with Crippen LogP contribution in [0.5, 0.6) is 0 Å². The molecule has 0 bridgehead atoms. The van der Waals surface area contributed by atoms with Crippen LogP contribution >= 0.6 is 12.2 Å². The zero-order valence-corrected chi connectivity index (χ0v) is 8.27. The molecule has 0 spiro atoms. The molecule has 1 heterocycles. The summed E-state index contributed by atoms with van der Waals surface area (Å²) in [4.78, 5) is 8.26. The molecule has 0 aliphatic heterocycles. The lowest BCUT2D eigenvalue weighted by atomic mass is 10.3. The summed E-state index contributed by atoms with van der Waals surface area (Å²) < 4.78 is 0. The van der Waals surface area contributed by atoms with Gasteiger partial charge in [-0.05, 0) is 0 Å². The maximum atomic E-state index is 5.70. The molecule has 0 amide bonds. The van der Waals surface area contributed by atoms with E-state index in [0.29, 0.717) is 12.4 Å². The average Bonchev–Trinajstić information content (AvgIpc) is 2.16. The highest BCUT2D eigenvalue weighted by atomic mass is 32.1. The smallest absolute Gasteiger partial charge is 0.132 e. The minimum Gasteiger partial charge on any atom is -0.383 e. The van der Waals surface area contributed by atoms with Gasteiger partial charge < -0.3 is 11.1 Å².